The summed E-state index contributed by atoms with van der Waals surface area (Å²) in [4.78, 5) is 24.3. The molecule has 0 aliphatic heterocycles. The lowest BCUT2D eigenvalue weighted by atomic mass is 9.98. The number of hydrogen-bond acceptors (Lipinski definition) is 5. The molecule has 0 amide bonds. The third-order valence-corrected chi connectivity index (χ3v) is 3.90. The molecule has 0 aliphatic rings. The fraction of sp³-hybridized carbons (Fsp3) is 0.263. The SMILES string of the molecule is COc1ccc(C(=O)c2cc(C)c(OC)c(C)c2)cc1OC(=O)CCl. The van der Waals surface area contributed by atoms with Gasteiger partial charge in [0.15, 0.2) is 17.3 Å². The van der Waals surface area contributed by atoms with Crippen LogP contribution in [0.4, 0.5) is 0 Å². The van der Waals surface area contributed by atoms with Crippen LogP contribution in [0.15, 0.2) is 30.3 Å². The quantitative estimate of drug-likeness (QED) is 0.339. The summed E-state index contributed by atoms with van der Waals surface area (Å²) in [5, 5.41) is 0. The molecule has 0 saturated carbocycles. The van der Waals surface area contributed by atoms with Gasteiger partial charge in [-0.3, -0.25) is 9.59 Å². The summed E-state index contributed by atoms with van der Waals surface area (Å²) in [6.07, 6.45) is 0. The van der Waals surface area contributed by atoms with Gasteiger partial charge in [-0.25, -0.2) is 0 Å². The summed E-state index contributed by atoms with van der Waals surface area (Å²) in [6.45, 7) is 3.76. The summed E-state index contributed by atoms with van der Waals surface area (Å²) >= 11 is 5.46. The Bertz CT molecular complexity index is 790. The van der Waals surface area contributed by atoms with E-state index in [-0.39, 0.29) is 17.4 Å². The van der Waals surface area contributed by atoms with Gasteiger partial charge in [0.25, 0.3) is 0 Å². The minimum atomic E-state index is -0.624. The van der Waals surface area contributed by atoms with E-state index in [0.29, 0.717) is 16.9 Å². The topological polar surface area (TPSA) is 61.8 Å². The van der Waals surface area contributed by atoms with Crippen molar-refractivity contribution in [3.8, 4) is 17.2 Å². The Labute approximate surface area is 151 Å². The minimum absolute atomic E-state index is 0.154. The van der Waals surface area contributed by atoms with E-state index in [4.69, 9.17) is 25.8 Å². The van der Waals surface area contributed by atoms with Gasteiger partial charge in [0.2, 0.25) is 0 Å². The van der Waals surface area contributed by atoms with Crippen LogP contribution in [-0.4, -0.2) is 31.9 Å². The number of ketones is 1. The maximum atomic E-state index is 12.8. The monoisotopic (exact) mass is 362 g/mol. The molecule has 2 aromatic rings. The van der Waals surface area contributed by atoms with Crippen LogP contribution in [0.2, 0.25) is 0 Å². The minimum Gasteiger partial charge on any atom is -0.496 e. The third-order valence-electron chi connectivity index (χ3n) is 3.69. The third kappa shape index (κ3) is 4.12. The number of rotatable bonds is 6. The van der Waals surface area contributed by atoms with Crippen LogP contribution in [0.5, 0.6) is 17.2 Å². The van der Waals surface area contributed by atoms with Crippen LogP contribution in [0, 0.1) is 13.8 Å². The van der Waals surface area contributed by atoms with Gasteiger partial charge in [0.1, 0.15) is 11.6 Å². The van der Waals surface area contributed by atoms with Gasteiger partial charge in [0.05, 0.1) is 14.2 Å². The fourth-order valence-electron chi connectivity index (χ4n) is 2.62. The van der Waals surface area contributed by atoms with Crippen molar-refractivity contribution in [2.45, 2.75) is 13.8 Å². The molecule has 0 N–H and O–H groups in total. The maximum Gasteiger partial charge on any atom is 0.326 e. The molecule has 6 heteroatoms. The second kappa shape index (κ2) is 8.03. The lowest BCUT2D eigenvalue weighted by Gasteiger charge is -2.12. The highest BCUT2D eigenvalue weighted by atomic mass is 35.5. The van der Waals surface area contributed by atoms with E-state index in [1.807, 2.05) is 13.8 Å². The molecule has 2 rings (SSSR count). The van der Waals surface area contributed by atoms with Crippen LogP contribution < -0.4 is 14.2 Å². The van der Waals surface area contributed by atoms with Crippen molar-refractivity contribution in [1.29, 1.82) is 0 Å². The number of halogens is 1. The highest BCUT2D eigenvalue weighted by Gasteiger charge is 2.17. The molecule has 0 bridgehead atoms. The number of carbonyl (C=O) groups is 2. The van der Waals surface area contributed by atoms with Crippen LogP contribution in [-0.2, 0) is 4.79 Å². The van der Waals surface area contributed by atoms with E-state index < -0.39 is 5.97 Å². The van der Waals surface area contributed by atoms with Crippen molar-refractivity contribution < 1.29 is 23.8 Å². The molecule has 132 valence electrons. The lowest BCUT2D eigenvalue weighted by Crippen LogP contribution is -2.11. The molecular weight excluding hydrogens is 344 g/mol. The first-order chi connectivity index (χ1) is 11.9. The smallest absolute Gasteiger partial charge is 0.326 e. The molecule has 0 aliphatic carbocycles. The normalized spacial score (nSPS) is 10.3. The average molecular weight is 363 g/mol. The zero-order valence-corrected chi connectivity index (χ0v) is 15.3. The predicted molar refractivity (Wildman–Crippen MR) is 95.2 cm³/mol. The Morgan fingerprint density at radius 1 is 0.920 bits per heavy atom. The van der Waals surface area contributed by atoms with Crippen LogP contribution in [0.25, 0.3) is 0 Å². The van der Waals surface area contributed by atoms with Gasteiger partial charge in [-0.1, -0.05) is 0 Å². The first-order valence-corrected chi connectivity index (χ1v) is 8.09. The molecule has 0 fully saturated rings. The van der Waals surface area contributed by atoms with Gasteiger partial charge < -0.3 is 14.2 Å². The van der Waals surface area contributed by atoms with E-state index in [9.17, 15) is 9.59 Å². The van der Waals surface area contributed by atoms with Crippen molar-refractivity contribution >= 4 is 23.4 Å². The first-order valence-electron chi connectivity index (χ1n) is 7.55. The van der Waals surface area contributed by atoms with Crippen molar-refractivity contribution in [3.05, 3.63) is 52.6 Å². The van der Waals surface area contributed by atoms with Crippen LogP contribution in [0.1, 0.15) is 27.0 Å². The zero-order valence-electron chi connectivity index (χ0n) is 14.5. The lowest BCUT2D eigenvalue weighted by molar-refractivity contribution is -0.131. The highest BCUT2D eigenvalue weighted by molar-refractivity contribution is 6.26. The second-order valence-electron chi connectivity index (χ2n) is 5.45. The van der Waals surface area contributed by atoms with Crippen LogP contribution >= 0.6 is 11.6 Å². The van der Waals surface area contributed by atoms with E-state index in [0.717, 1.165) is 16.9 Å². The van der Waals surface area contributed by atoms with Crippen molar-refractivity contribution in [3.63, 3.8) is 0 Å². The molecular formula is C19H19ClO5. The fourth-order valence-corrected chi connectivity index (χ4v) is 2.67. The molecule has 25 heavy (non-hydrogen) atoms. The zero-order chi connectivity index (χ0) is 18.6. The Hall–Kier alpha value is -2.53. The Kier molecular flexibility index (Phi) is 6.04. The Balaban J connectivity index is 2.42. The van der Waals surface area contributed by atoms with Gasteiger partial charge in [-0.15, -0.1) is 11.6 Å². The van der Waals surface area contributed by atoms with Gasteiger partial charge in [-0.05, 0) is 55.3 Å². The van der Waals surface area contributed by atoms with Gasteiger partial charge in [-0.2, -0.15) is 0 Å². The van der Waals surface area contributed by atoms with Crippen LogP contribution in [0.3, 0.4) is 0 Å². The number of aryl methyl sites for hydroxylation is 2. The molecule has 0 unspecified atom stereocenters. The molecule has 0 heterocycles. The molecule has 0 radical (unpaired) electrons. The first kappa shape index (κ1) is 18.8. The molecule has 0 atom stereocenters. The summed E-state index contributed by atoms with van der Waals surface area (Å²) in [5.41, 5.74) is 2.64. The number of ether oxygens (including phenoxy) is 3. The molecule has 0 saturated heterocycles. The van der Waals surface area contributed by atoms with Gasteiger partial charge in [0, 0.05) is 11.1 Å². The van der Waals surface area contributed by atoms with Crippen molar-refractivity contribution in [2.75, 3.05) is 20.1 Å². The Morgan fingerprint density at radius 3 is 2.08 bits per heavy atom. The molecule has 0 spiro atoms. The van der Waals surface area contributed by atoms with E-state index in [1.54, 1.807) is 31.4 Å². The largest absolute Gasteiger partial charge is 0.496 e. The summed E-state index contributed by atoms with van der Waals surface area (Å²) in [6, 6.07) is 8.20. The predicted octanol–water partition coefficient (Wildman–Crippen LogP) is 3.70. The number of esters is 1. The summed E-state index contributed by atoms with van der Waals surface area (Å²) in [7, 11) is 3.04. The van der Waals surface area contributed by atoms with Crippen molar-refractivity contribution in [1.82, 2.24) is 0 Å². The number of methoxy groups -OCH3 is 2. The number of hydrogen-bond donors (Lipinski definition) is 0. The van der Waals surface area contributed by atoms with Crippen molar-refractivity contribution in [2.24, 2.45) is 0 Å². The summed E-state index contributed by atoms with van der Waals surface area (Å²) < 4.78 is 15.6. The second-order valence-corrected chi connectivity index (χ2v) is 5.71. The standard InChI is InChI=1S/C19H19ClO5/c1-11-7-14(8-12(2)19(11)24-4)18(22)13-5-6-15(23-3)16(9-13)25-17(21)10-20/h5-9H,10H2,1-4H3. The highest BCUT2D eigenvalue weighted by Crippen LogP contribution is 2.30. The van der Waals surface area contributed by atoms with E-state index in [1.165, 1.54) is 13.2 Å². The number of alkyl halides is 1. The molecule has 5 nitrogen and oxygen atoms in total. The summed E-state index contributed by atoms with van der Waals surface area (Å²) in [5.74, 6) is 0.138. The van der Waals surface area contributed by atoms with E-state index >= 15 is 0 Å². The number of carbonyl (C=O) groups excluding carboxylic acids is 2. The van der Waals surface area contributed by atoms with E-state index in [2.05, 4.69) is 0 Å². The number of benzene rings is 2. The maximum absolute atomic E-state index is 12.8. The molecule has 2 aromatic carbocycles. The van der Waals surface area contributed by atoms with Gasteiger partial charge >= 0.3 is 5.97 Å². The molecule has 0 aromatic heterocycles. The average Bonchev–Trinajstić information content (AvgIpc) is 2.60. The Morgan fingerprint density at radius 2 is 1.56 bits per heavy atom.